The number of nitrogens with one attached hydrogen (secondary N) is 1. The molecule has 3 heteroatoms. The van der Waals surface area contributed by atoms with E-state index in [9.17, 15) is 0 Å². The van der Waals surface area contributed by atoms with Crippen LogP contribution in [0, 0.1) is 0 Å². The zero-order valence-corrected chi connectivity index (χ0v) is 11.9. The van der Waals surface area contributed by atoms with Crippen molar-refractivity contribution in [1.29, 1.82) is 0 Å². The van der Waals surface area contributed by atoms with E-state index >= 15 is 0 Å². The molecule has 0 saturated carbocycles. The molecule has 2 aliphatic heterocycles. The SMILES string of the molecule is CNCc1ccc(CN2CCN3CCCC3C2)cc1. The fraction of sp³-hybridized carbons (Fsp3) is 0.625. The van der Waals surface area contributed by atoms with E-state index in [-0.39, 0.29) is 0 Å². The molecule has 19 heavy (non-hydrogen) atoms. The number of benzene rings is 1. The largest absolute Gasteiger partial charge is 0.316 e. The number of rotatable bonds is 4. The molecule has 0 aromatic heterocycles. The van der Waals surface area contributed by atoms with Crippen molar-refractivity contribution in [2.24, 2.45) is 0 Å². The minimum atomic E-state index is 0.831. The van der Waals surface area contributed by atoms with E-state index in [1.54, 1.807) is 0 Å². The maximum Gasteiger partial charge on any atom is 0.0234 e. The number of nitrogens with zero attached hydrogens (tertiary/aromatic N) is 2. The quantitative estimate of drug-likeness (QED) is 0.887. The second-order valence-corrected chi connectivity index (χ2v) is 5.91. The molecule has 2 heterocycles. The van der Waals surface area contributed by atoms with Gasteiger partial charge in [0.05, 0.1) is 0 Å². The highest BCUT2D eigenvalue weighted by Gasteiger charge is 2.30. The first-order valence-electron chi connectivity index (χ1n) is 7.54. The molecule has 104 valence electrons. The van der Waals surface area contributed by atoms with Crippen LogP contribution in [-0.2, 0) is 13.1 Å². The summed E-state index contributed by atoms with van der Waals surface area (Å²) in [5, 5.41) is 3.19. The van der Waals surface area contributed by atoms with Gasteiger partial charge in [-0.25, -0.2) is 0 Å². The molecule has 2 saturated heterocycles. The van der Waals surface area contributed by atoms with Gasteiger partial charge in [-0.1, -0.05) is 24.3 Å². The van der Waals surface area contributed by atoms with Crippen LogP contribution in [0.3, 0.4) is 0 Å². The summed E-state index contributed by atoms with van der Waals surface area (Å²) in [5.74, 6) is 0. The van der Waals surface area contributed by atoms with Gasteiger partial charge in [0.25, 0.3) is 0 Å². The lowest BCUT2D eigenvalue weighted by Gasteiger charge is -2.37. The van der Waals surface area contributed by atoms with Gasteiger partial charge in [0.2, 0.25) is 0 Å². The molecule has 0 amide bonds. The van der Waals surface area contributed by atoms with E-state index in [0.717, 1.165) is 19.1 Å². The standard InChI is InChI=1S/C16H25N3/c1-17-11-14-4-6-15(7-5-14)12-18-9-10-19-8-2-3-16(19)13-18/h4-7,16-17H,2-3,8-13H2,1H3. The molecular formula is C16H25N3. The third-order valence-corrected chi connectivity index (χ3v) is 4.48. The number of hydrogen-bond donors (Lipinski definition) is 1. The third kappa shape index (κ3) is 3.16. The van der Waals surface area contributed by atoms with E-state index in [1.807, 2.05) is 7.05 Å². The number of piperazine rings is 1. The van der Waals surface area contributed by atoms with Crippen LogP contribution < -0.4 is 5.32 Å². The molecule has 1 atom stereocenters. The summed E-state index contributed by atoms with van der Waals surface area (Å²) in [4.78, 5) is 5.30. The Morgan fingerprint density at radius 1 is 1.11 bits per heavy atom. The highest BCUT2D eigenvalue weighted by Crippen LogP contribution is 2.22. The van der Waals surface area contributed by atoms with Gasteiger partial charge in [0.1, 0.15) is 0 Å². The van der Waals surface area contributed by atoms with Gasteiger partial charge in [-0.05, 0) is 37.6 Å². The van der Waals surface area contributed by atoms with Crippen molar-refractivity contribution in [1.82, 2.24) is 15.1 Å². The van der Waals surface area contributed by atoms with Gasteiger partial charge in [0.15, 0.2) is 0 Å². The van der Waals surface area contributed by atoms with Crippen molar-refractivity contribution in [3.8, 4) is 0 Å². The van der Waals surface area contributed by atoms with E-state index in [0.29, 0.717) is 0 Å². The summed E-state index contributed by atoms with van der Waals surface area (Å²) >= 11 is 0. The highest BCUT2D eigenvalue weighted by molar-refractivity contribution is 5.22. The molecule has 0 aliphatic carbocycles. The van der Waals surface area contributed by atoms with Crippen LogP contribution in [0.4, 0.5) is 0 Å². The van der Waals surface area contributed by atoms with Crippen LogP contribution >= 0.6 is 0 Å². The topological polar surface area (TPSA) is 18.5 Å². The van der Waals surface area contributed by atoms with Crippen LogP contribution in [0.5, 0.6) is 0 Å². The normalized spacial score (nSPS) is 24.6. The highest BCUT2D eigenvalue weighted by atomic mass is 15.3. The Balaban J connectivity index is 1.56. The third-order valence-electron chi connectivity index (χ3n) is 4.48. The van der Waals surface area contributed by atoms with Crippen LogP contribution in [0.2, 0.25) is 0 Å². The first kappa shape index (κ1) is 13.1. The average Bonchev–Trinajstić information content (AvgIpc) is 2.89. The minimum Gasteiger partial charge on any atom is -0.316 e. The molecule has 1 unspecified atom stereocenters. The van der Waals surface area contributed by atoms with Gasteiger partial charge in [0, 0.05) is 38.8 Å². The Morgan fingerprint density at radius 2 is 1.89 bits per heavy atom. The van der Waals surface area contributed by atoms with Crippen LogP contribution in [0.1, 0.15) is 24.0 Å². The van der Waals surface area contributed by atoms with Crippen molar-refractivity contribution in [3.63, 3.8) is 0 Å². The lowest BCUT2D eigenvalue weighted by molar-refractivity contribution is 0.0994. The molecule has 0 spiro atoms. The maximum absolute atomic E-state index is 3.19. The first-order chi connectivity index (χ1) is 9.35. The lowest BCUT2D eigenvalue weighted by Crippen LogP contribution is -2.49. The molecule has 1 N–H and O–H groups in total. The van der Waals surface area contributed by atoms with E-state index < -0.39 is 0 Å². The summed E-state index contributed by atoms with van der Waals surface area (Å²) in [6, 6.07) is 9.90. The predicted molar refractivity (Wildman–Crippen MR) is 79.1 cm³/mol. The van der Waals surface area contributed by atoms with Crippen molar-refractivity contribution in [2.75, 3.05) is 33.2 Å². The molecule has 0 radical (unpaired) electrons. The zero-order valence-electron chi connectivity index (χ0n) is 11.9. The van der Waals surface area contributed by atoms with Gasteiger partial charge in [-0.2, -0.15) is 0 Å². The van der Waals surface area contributed by atoms with Gasteiger partial charge in [-0.15, -0.1) is 0 Å². The number of fused-ring (bicyclic) bond motifs is 1. The van der Waals surface area contributed by atoms with Gasteiger partial charge < -0.3 is 5.32 Å². The molecule has 3 nitrogen and oxygen atoms in total. The molecule has 0 bridgehead atoms. The smallest absolute Gasteiger partial charge is 0.0234 e. The lowest BCUT2D eigenvalue weighted by atomic mass is 10.1. The van der Waals surface area contributed by atoms with Crippen LogP contribution in [-0.4, -0.2) is 49.1 Å². The molecule has 1 aromatic carbocycles. The minimum absolute atomic E-state index is 0.831. The van der Waals surface area contributed by atoms with Gasteiger partial charge in [-0.3, -0.25) is 9.80 Å². The summed E-state index contributed by atoms with van der Waals surface area (Å²) < 4.78 is 0. The predicted octanol–water partition coefficient (Wildman–Crippen LogP) is 1.69. The monoisotopic (exact) mass is 259 g/mol. The Labute approximate surface area is 116 Å². The zero-order chi connectivity index (χ0) is 13.1. The first-order valence-corrected chi connectivity index (χ1v) is 7.54. The maximum atomic E-state index is 3.19. The number of hydrogen-bond acceptors (Lipinski definition) is 3. The Hall–Kier alpha value is -0.900. The van der Waals surface area contributed by atoms with Crippen molar-refractivity contribution in [2.45, 2.75) is 32.0 Å². The summed E-state index contributed by atoms with van der Waals surface area (Å²) in [6.07, 6.45) is 2.80. The molecule has 2 aliphatic rings. The fourth-order valence-electron chi connectivity index (χ4n) is 3.42. The van der Waals surface area contributed by atoms with Crippen molar-refractivity contribution in [3.05, 3.63) is 35.4 Å². The van der Waals surface area contributed by atoms with E-state index in [1.165, 1.54) is 50.1 Å². The Morgan fingerprint density at radius 3 is 2.68 bits per heavy atom. The summed E-state index contributed by atoms with van der Waals surface area (Å²) in [6.45, 7) is 7.16. The Bertz CT molecular complexity index is 401. The van der Waals surface area contributed by atoms with Crippen molar-refractivity contribution < 1.29 is 0 Å². The second-order valence-electron chi connectivity index (χ2n) is 5.91. The van der Waals surface area contributed by atoms with E-state index in [4.69, 9.17) is 0 Å². The fourth-order valence-corrected chi connectivity index (χ4v) is 3.42. The second kappa shape index (κ2) is 6.04. The summed E-state index contributed by atoms with van der Waals surface area (Å²) in [7, 11) is 2.00. The van der Waals surface area contributed by atoms with Crippen LogP contribution in [0.25, 0.3) is 0 Å². The van der Waals surface area contributed by atoms with E-state index in [2.05, 4.69) is 39.4 Å². The van der Waals surface area contributed by atoms with Crippen molar-refractivity contribution >= 4 is 0 Å². The van der Waals surface area contributed by atoms with Gasteiger partial charge >= 0.3 is 0 Å². The molecule has 3 rings (SSSR count). The molecule has 2 fully saturated rings. The molecular weight excluding hydrogens is 234 g/mol. The average molecular weight is 259 g/mol. The van der Waals surface area contributed by atoms with Crippen LogP contribution in [0.15, 0.2) is 24.3 Å². The molecule has 1 aromatic rings. The summed E-state index contributed by atoms with van der Waals surface area (Å²) in [5.41, 5.74) is 2.82. The Kier molecular flexibility index (Phi) is 4.16.